The van der Waals surface area contributed by atoms with Crippen LogP contribution >= 0.6 is 0 Å². The van der Waals surface area contributed by atoms with E-state index in [0.717, 1.165) is 49.1 Å². The topological polar surface area (TPSA) is 88.2 Å². The number of hydrogen-bond donors (Lipinski definition) is 1. The molecule has 0 spiro atoms. The molecule has 6 fully saturated rings. The Kier molecular flexibility index (Phi) is 10.0. The first-order chi connectivity index (χ1) is 19.1. The molecule has 234 valence electrons. The van der Waals surface area contributed by atoms with Crippen LogP contribution in [0.1, 0.15) is 93.9 Å². The first-order valence-corrected chi connectivity index (χ1v) is 16.3. The number of ether oxygens (including phenoxy) is 2. The van der Waals surface area contributed by atoms with Crippen LogP contribution in [0.2, 0.25) is 0 Å². The second kappa shape index (κ2) is 12.8. The average molecular weight is 576 g/mol. The third kappa shape index (κ3) is 8.39. The number of carbonyl (C=O) groups excluding carboxylic acids is 3. The Balaban J connectivity index is 0.000000147. The molecule has 8 heteroatoms. The molecular formula is C33H57N3O5. The Hall–Kier alpha value is -1.83. The molecule has 6 rings (SSSR count). The van der Waals surface area contributed by atoms with Crippen molar-refractivity contribution >= 4 is 18.0 Å². The summed E-state index contributed by atoms with van der Waals surface area (Å²) in [5.41, 5.74) is -0.834. The number of hydrogen-bond acceptors (Lipinski definition) is 6. The van der Waals surface area contributed by atoms with E-state index in [-0.39, 0.29) is 23.7 Å². The van der Waals surface area contributed by atoms with Gasteiger partial charge >= 0.3 is 12.2 Å². The van der Waals surface area contributed by atoms with Crippen molar-refractivity contribution in [2.24, 2.45) is 47.3 Å². The van der Waals surface area contributed by atoms with Crippen LogP contribution in [0, 0.1) is 47.3 Å². The summed E-state index contributed by atoms with van der Waals surface area (Å²) in [6, 6.07) is 0. The first kappa shape index (κ1) is 32.1. The Morgan fingerprint density at radius 1 is 0.683 bits per heavy atom. The van der Waals surface area contributed by atoms with Crippen molar-refractivity contribution in [2.45, 2.75) is 105 Å². The minimum absolute atomic E-state index is 0.0764. The van der Waals surface area contributed by atoms with E-state index in [1.165, 1.54) is 38.8 Å². The van der Waals surface area contributed by atoms with Crippen molar-refractivity contribution in [2.75, 3.05) is 39.3 Å². The van der Waals surface area contributed by atoms with Crippen molar-refractivity contribution in [3.63, 3.8) is 0 Å². The number of nitrogens with zero attached hydrogens (tertiary/aromatic N) is 2. The van der Waals surface area contributed by atoms with Gasteiger partial charge in [-0.05, 0) is 115 Å². The zero-order chi connectivity index (χ0) is 30.1. The van der Waals surface area contributed by atoms with Crippen LogP contribution < -0.4 is 5.32 Å². The van der Waals surface area contributed by atoms with Crippen molar-refractivity contribution in [1.82, 2.24) is 15.1 Å². The predicted molar refractivity (Wildman–Crippen MR) is 160 cm³/mol. The summed E-state index contributed by atoms with van der Waals surface area (Å²) < 4.78 is 10.7. The number of amides is 2. The van der Waals surface area contributed by atoms with Crippen molar-refractivity contribution in [3.05, 3.63) is 0 Å². The summed E-state index contributed by atoms with van der Waals surface area (Å²) in [4.78, 5) is 38.8. The number of carbonyl (C=O) groups is 3. The van der Waals surface area contributed by atoms with Crippen LogP contribution in [0.4, 0.5) is 9.59 Å². The number of nitrogens with one attached hydrogen (secondary N) is 1. The van der Waals surface area contributed by atoms with Crippen molar-refractivity contribution < 1.29 is 23.9 Å². The molecule has 3 aliphatic heterocycles. The number of fused-ring (bicyclic) bond motifs is 3. The Morgan fingerprint density at radius 2 is 1.22 bits per heavy atom. The van der Waals surface area contributed by atoms with E-state index in [1.54, 1.807) is 4.90 Å². The minimum atomic E-state index is -0.460. The van der Waals surface area contributed by atoms with Crippen LogP contribution in [0.5, 0.6) is 0 Å². The van der Waals surface area contributed by atoms with E-state index in [2.05, 4.69) is 19.2 Å². The van der Waals surface area contributed by atoms with Gasteiger partial charge in [-0.25, -0.2) is 9.59 Å². The molecule has 3 aliphatic carbocycles. The lowest BCUT2D eigenvalue weighted by Crippen LogP contribution is -2.36. The summed E-state index contributed by atoms with van der Waals surface area (Å²) in [6.45, 7) is 21.7. The van der Waals surface area contributed by atoms with Crippen molar-refractivity contribution in [3.8, 4) is 0 Å². The van der Waals surface area contributed by atoms with E-state index < -0.39 is 5.60 Å². The van der Waals surface area contributed by atoms with Gasteiger partial charge < -0.3 is 24.6 Å². The molecule has 0 aromatic carbocycles. The SMILES string of the molecule is CC(C)(C)OC(=O)N1C[C@H]2CCC(=O)[C@H]2C1.C[C@@H]1CC[C@@H]2CN(C(=O)OC(C)(C)C)C[C@@H]21.C[C@@H]1CC[C@@H]2CNC[C@@H]21. The fourth-order valence-corrected chi connectivity index (χ4v) is 7.96. The van der Waals surface area contributed by atoms with E-state index in [1.807, 2.05) is 46.4 Å². The molecule has 3 heterocycles. The molecule has 0 aromatic rings. The molecule has 0 aromatic heterocycles. The highest BCUT2D eigenvalue weighted by Gasteiger charge is 2.45. The maximum Gasteiger partial charge on any atom is 0.410 e. The average Bonchev–Trinajstić information content (AvgIpc) is 3.67. The Labute approximate surface area is 248 Å². The zero-order valence-electron chi connectivity index (χ0n) is 27.0. The van der Waals surface area contributed by atoms with Gasteiger partial charge in [0.15, 0.2) is 0 Å². The van der Waals surface area contributed by atoms with Crippen LogP contribution in [-0.4, -0.2) is 78.2 Å². The third-order valence-electron chi connectivity index (χ3n) is 10.3. The predicted octanol–water partition coefficient (Wildman–Crippen LogP) is 5.98. The van der Waals surface area contributed by atoms with Gasteiger partial charge in [0.25, 0.3) is 0 Å². The van der Waals surface area contributed by atoms with Gasteiger partial charge in [0.1, 0.15) is 17.0 Å². The van der Waals surface area contributed by atoms with Crippen LogP contribution in [0.25, 0.3) is 0 Å². The normalized spacial score (nSPS) is 35.7. The summed E-state index contributed by atoms with van der Waals surface area (Å²) in [7, 11) is 0. The molecule has 2 amide bonds. The second-order valence-electron chi connectivity index (χ2n) is 15.8. The monoisotopic (exact) mass is 575 g/mol. The summed E-state index contributed by atoms with van der Waals surface area (Å²) in [5, 5.41) is 3.45. The van der Waals surface area contributed by atoms with E-state index >= 15 is 0 Å². The number of rotatable bonds is 0. The highest BCUT2D eigenvalue weighted by Crippen LogP contribution is 2.42. The third-order valence-corrected chi connectivity index (χ3v) is 10.3. The second-order valence-corrected chi connectivity index (χ2v) is 15.8. The molecular weight excluding hydrogens is 518 g/mol. The molecule has 41 heavy (non-hydrogen) atoms. The van der Waals surface area contributed by atoms with E-state index in [4.69, 9.17) is 9.47 Å². The molecule has 6 aliphatic rings. The lowest BCUT2D eigenvalue weighted by atomic mass is 9.94. The van der Waals surface area contributed by atoms with Crippen LogP contribution in [0.15, 0.2) is 0 Å². The molecule has 0 radical (unpaired) electrons. The zero-order valence-corrected chi connectivity index (χ0v) is 27.0. The molecule has 0 bridgehead atoms. The van der Waals surface area contributed by atoms with Gasteiger partial charge in [0, 0.05) is 38.5 Å². The number of likely N-dealkylation sites (tertiary alicyclic amines) is 2. The van der Waals surface area contributed by atoms with Crippen LogP contribution in [-0.2, 0) is 14.3 Å². The van der Waals surface area contributed by atoms with Crippen molar-refractivity contribution in [1.29, 1.82) is 0 Å². The quantitative estimate of drug-likeness (QED) is 0.382. The van der Waals surface area contributed by atoms with Crippen LogP contribution in [0.3, 0.4) is 0 Å². The van der Waals surface area contributed by atoms with E-state index in [0.29, 0.717) is 37.1 Å². The lowest BCUT2D eigenvalue weighted by Gasteiger charge is -2.25. The number of Topliss-reactive ketones (excluding diaryl/α,β-unsaturated/α-hetero) is 1. The van der Waals surface area contributed by atoms with Gasteiger partial charge in [-0.3, -0.25) is 4.79 Å². The highest BCUT2D eigenvalue weighted by molar-refractivity contribution is 5.85. The van der Waals surface area contributed by atoms with Gasteiger partial charge in [-0.1, -0.05) is 26.7 Å². The molecule has 3 saturated carbocycles. The number of ketones is 1. The summed E-state index contributed by atoms with van der Waals surface area (Å²) in [5.74, 6) is 6.06. The van der Waals surface area contributed by atoms with Gasteiger partial charge in [-0.2, -0.15) is 0 Å². The lowest BCUT2D eigenvalue weighted by molar-refractivity contribution is -0.120. The van der Waals surface area contributed by atoms with E-state index in [9.17, 15) is 14.4 Å². The maximum absolute atomic E-state index is 11.9. The molecule has 8 nitrogen and oxygen atoms in total. The van der Waals surface area contributed by atoms with Gasteiger partial charge in [-0.15, -0.1) is 0 Å². The van der Waals surface area contributed by atoms with Gasteiger partial charge in [0.2, 0.25) is 0 Å². The smallest absolute Gasteiger partial charge is 0.410 e. The molecule has 3 saturated heterocycles. The Bertz CT molecular complexity index is 940. The minimum Gasteiger partial charge on any atom is -0.444 e. The summed E-state index contributed by atoms with van der Waals surface area (Å²) >= 11 is 0. The molecule has 8 atom stereocenters. The highest BCUT2D eigenvalue weighted by atomic mass is 16.6. The standard InChI is InChI=1S/C13H23NO2.C12H19NO3.C8H15N/c1-9-5-6-10-7-14(8-11(9)10)12(15)16-13(2,3)4;1-12(2,3)16-11(15)13-6-8-4-5-10(14)9(8)7-13;1-6-2-3-7-4-9-5-8(6)7/h9-11H,5-8H2,1-4H3;8-9H,4-7H2,1-3H3;6-9H,2-5H2,1H3/t9-,10-,11-;8-,9+;6-,7-,8-/m111/s1. The Morgan fingerprint density at radius 3 is 1.76 bits per heavy atom. The molecule has 0 unspecified atom stereocenters. The van der Waals surface area contributed by atoms with Gasteiger partial charge in [0.05, 0.1) is 0 Å². The first-order valence-electron chi connectivity index (χ1n) is 16.3. The summed E-state index contributed by atoms with van der Waals surface area (Å²) in [6.07, 6.45) is 6.79. The fourth-order valence-electron chi connectivity index (χ4n) is 7.96. The molecule has 1 N–H and O–H groups in total. The maximum atomic E-state index is 11.9. The largest absolute Gasteiger partial charge is 0.444 e. The fraction of sp³-hybridized carbons (Fsp3) is 0.909.